The summed E-state index contributed by atoms with van der Waals surface area (Å²) in [7, 11) is 0. The van der Waals surface area contributed by atoms with Crippen LogP contribution in [-0.4, -0.2) is 70.5 Å². The molecule has 2 heterocycles. The number of nitrogens with two attached hydrogens (primary N) is 1. The molecule has 2 saturated heterocycles. The maximum atomic E-state index is 14.5. The van der Waals surface area contributed by atoms with Crippen LogP contribution in [0.15, 0.2) is 23.8 Å². The van der Waals surface area contributed by atoms with E-state index in [9.17, 15) is 24.6 Å². The molecule has 6 aliphatic rings. The van der Waals surface area contributed by atoms with Crippen LogP contribution >= 0.6 is 0 Å². The van der Waals surface area contributed by atoms with Gasteiger partial charge in [0.15, 0.2) is 41.6 Å². The first-order valence-corrected chi connectivity index (χ1v) is 15.6. The number of aliphatic hydroxyl groups excluding tert-OH is 1. The number of allylic oxidation sites excluding steroid dienone is 4. The average Bonchev–Trinajstić information content (AvgIpc) is 3.31. The number of aliphatic hydroxyl groups is 1. The SMILES string of the molecule is CCCC1OC2(N)CC3C4CCC5=CC(=O)C=CC5(C)C4C(O)CC3(C)C2(C(=O)COC2CC(C)CC(C(=O)O)O2)O1. The van der Waals surface area contributed by atoms with Crippen molar-refractivity contribution in [2.45, 2.75) is 115 Å². The Labute approximate surface area is 247 Å². The van der Waals surface area contributed by atoms with Gasteiger partial charge in [0.25, 0.3) is 0 Å². The highest BCUT2D eigenvalue weighted by atomic mass is 16.8. The number of aliphatic carboxylic acids is 1. The molecule has 0 aromatic rings. The summed E-state index contributed by atoms with van der Waals surface area (Å²) in [6, 6.07) is 0. The molecule has 2 aliphatic heterocycles. The number of hydrogen-bond donors (Lipinski definition) is 3. The van der Waals surface area contributed by atoms with Gasteiger partial charge in [0.2, 0.25) is 0 Å². The quantitative estimate of drug-likeness (QED) is 0.404. The second-order valence-electron chi connectivity index (χ2n) is 14.1. The third-order valence-corrected chi connectivity index (χ3v) is 11.6. The lowest BCUT2D eigenvalue weighted by atomic mass is 9.46. The molecular formula is C32H45NO9. The van der Waals surface area contributed by atoms with E-state index in [-0.39, 0.29) is 48.3 Å². The van der Waals surface area contributed by atoms with Gasteiger partial charge in [-0.3, -0.25) is 9.59 Å². The van der Waals surface area contributed by atoms with Gasteiger partial charge in [-0.15, -0.1) is 0 Å². The first kappa shape index (κ1) is 30.1. The zero-order valence-electron chi connectivity index (χ0n) is 25.0. The summed E-state index contributed by atoms with van der Waals surface area (Å²) in [5, 5.41) is 21.4. The fraction of sp³-hybridized carbons (Fsp3) is 0.781. The molecule has 0 aromatic heterocycles. The van der Waals surface area contributed by atoms with Gasteiger partial charge < -0.3 is 34.9 Å². The highest BCUT2D eigenvalue weighted by Gasteiger charge is 2.80. The summed E-state index contributed by atoms with van der Waals surface area (Å²) in [6.45, 7) is 7.70. The van der Waals surface area contributed by atoms with E-state index < -0.39 is 52.9 Å². The zero-order chi connectivity index (χ0) is 30.2. The molecule has 0 spiro atoms. The number of rotatable bonds is 7. The Morgan fingerprint density at radius 2 is 1.95 bits per heavy atom. The highest BCUT2D eigenvalue weighted by Crippen LogP contribution is 2.71. The predicted molar refractivity (Wildman–Crippen MR) is 150 cm³/mol. The van der Waals surface area contributed by atoms with Crippen LogP contribution in [0.1, 0.15) is 79.1 Å². The number of fused-ring (bicyclic) bond motifs is 7. The monoisotopic (exact) mass is 587 g/mol. The van der Waals surface area contributed by atoms with Crippen LogP contribution in [0.5, 0.6) is 0 Å². The molecule has 4 aliphatic carbocycles. The number of hydrogen-bond acceptors (Lipinski definition) is 9. The minimum absolute atomic E-state index is 0.0216. The summed E-state index contributed by atoms with van der Waals surface area (Å²) in [5.74, 6) is -1.56. The van der Waals surface area contributed by atoms with Crippen LogP contribution in [0, 0.1) is 34.5 Å². The number of ketones is 2. The van der Waals surface area contributed by atoms with Crippen LogP contribution in [0.3, 0.4) is 0 Å². The van der Waals surface area contributed by atoms with Crippen molar-refractivity contribution in [3.05, 3.63) is 23.8 Å². The van der Waals surface area contributed by atoms with Crippen molar-refractivity contribution in [1.29, 1.82) is 0 Å². The summed E-state index contributed by atoms with van der Waals surface area (Å²) >= 11 is 0. The van der Waals surface area contributed by atoms with Gasteiger partial charge in [0, 0.05) is 23.2 Å². The van der Waals surface area contributed by atoms with Crippen LogP contribution in [-0.2, 0) is 33.3 Å². The standard InChI is InChI=1S/C32H45NO9/c1-5-6-25-41-31(33)14-21-20-8-7-18-13-19(34)9-10-29(18,3)27(20)22(35)15-30(21,4)32(31,42-25)24(36)16-39-26-12-17(2)11-23(40-26)28(37)38/h9-10,13,17,20-23,25-27,35H,5-8,11-12,14-16,33H2,1-4H3,(H,37,38). The molecule has 4 N–H and O–H groups in total. The molecule has 12 atom stereocenters. The fourth-order valence-electron chi connectivity index (χ4n) is 9.82. The Bertz CT molecular complexity index is 1220. The number of carboxylic acid groups (broad SMARTS) is 1. The van der Waals surface area contributed by atoms with Crippen LogP contribution in [0.2, 0.25) is 0 Å². The number of carbonyl (C=O) groups is 3. The lowest BCUT2D eigenvalue weighted by molar-refractivity contribution is -0.224. The number of carbonyl (C=O) groups excluding carboxylic acids is 2. The predicted octanol–water partition coefficient (Wildman–Crippen LogP) is 3.25. The van der Waals surface area contributed by atoms with Crippen molar-refractivity contribution < 1.29 is 43.5 Å². The van der Waals surface area contributed by atoms with Crippen molar-refractivity contribution in [3.63, 3.8) is 0 Å². The van der Waals surface area contributed by atoms with Crippen molar-refractivity contribution >= 4 is 17.5 Å². The van der Waals surface area contributed by atoms with E-state index in [1.165, 1.54) is 0 Å². The third-order valence-electron chi connectivity index (χ3n) is 11.6. The molecular weight excluding hydrogens is 542 g/mol. The Hall–Kier alpha value is -1.95. The van der Waals surface area contributed by atoms with Gasteiger partial charge >= 0.3 is 5.97 Å². The minimum atomic E-state index is -1.56. The normalized spacial score (nSPS) is 49.5. The van der Waals surface area contributed by atoms with Crippen LogP contribution in [0.25, 0.3) is 0 Å². The fourth-order valence-corrected chi connectivity index (χ4v) is 9.82. The maximum Gasteiger partial charge on any atom is 0.332 e. The Morgan fingerprint density at radius 3 is 2.67 bits per heavy atom. The maximum absolute atomic E-state index is 14.5. The molecule has 5 fully saturated rings. The lowest BCUT2D eigenvalue weighted by Gasteiger charge is -2.59. The van der Waals surface area contributed by atoms with Gasteiger partial charge in [-0.1, -0.05) is 45.8 Å². The van der Waals surface area contributed by atoms with Gasteiger partial charge in [-0.05, 0) is 68.4 Å². The van der Waals surface area contributed by atoms with E-state index in [1.54, 1.807) is 12.2 Å². The second-order valence-corrected chi connectivity index (χ2v) is 14.1. The van der Waals surface area contributed by atoms with Crippen molar-refractivity contribution in [2.24, 2.45) is 40.2 Å². The minimum Gasteiger partial charge on any atom is -0.479 e. The van der Waals surface area contributed by atoms with Crippen molar-refractivity contribution in [2.75, 3.05) is 6.61 Å². The topological polar surface area (TPSA) is 155 Å². The van der Waals surface area contributed by atoms with E-state index >= 15 is 0 Å². The summed E-state index contributed by atoms with van der Waals surface area (Å²) in [4.78, 5) is 38.3. The average molecular weight is 588 g/mol. The van der Waals surface area contributed by atoms with Gasteiger partial charge in [0.05, 0.1) is 6.10 Å². The molecule has 0 bridgehead atoms. The second kappa shape index (κ2) is 10.3. The smallest absolute Gasteiger partial charge is 0.332 e. The number of carboxylic acids is 1. The molecule has 42 heavy (non-hydrogen) atoms. The lowest BCUT2D eigenvalue weighted by Crippen LogP contribution is -2.68. The van der Waals surface area contributed by atoms with E-state index in [1.807, 2.05) is 26.8 Å². The third kappa shape index (κ3) is 4.24. The molecule has 232 valence electrons. The van der Waals surface area contributed by atoms with Crippen molar-refractivity contribution in [1.82, 2.24) is 0 Å². The Kier molecular flexibility index (Phi) is 7.39. The molecule has 6 rings (SSSR count). The number of ether oxygens (including phenoxy) is 4. The summed E-state index contributed by atoms with van der Waals surface area (Å²) in [5.41, 5.74) is 3.90. The molecule has 0 amide bonds. The van der Waals surface area contributed by atoms with Gasteiger partial charge in [-0.25, -0.2) is 4.79 Å². The first-order valence-electron chi connectivity index (χ1n) is 15.6. The molecule has 12 unspecified atom stereocenters. The Morgan fingerprint density at radius 1 is 1.19 bits per heavy atom. The van der Waals surface area contributed by atoms with E-state index in [4.69, 9.17) is 24.7 Å². The van der Waals surface area contributed by atoms with E-state index in [2.05, 4.69) is 6.92 Å². The molecule has 0 radical (unpaired) electrons. The highest BCUT2D eigenvalue weighted by molar-refractivity contribution is 6.01. The number of Topliss-reactive ketones (excluding diaryl/α,β-unsaturated/α-hetero) is 1. The van der Waals surface area contributed by atoms with Crippen LogP contribution < -0.4 is 5.73 Å². The Balaban J connectivity index is 1.32. The van der Waals surface area contributed by atoms with Crippen LogP contribution in [0.4, 0.5) is 0 Å². The van der Waals surface area contributed by atoms with E-state index in [0.29, 0.717) is 25.7 Å². The first-order chi connectivity index (χ1) is 19.8. The van der Waals surface area contributed by atoms with E-state index in [0.717, 1.165) is 24.8 Å². The molecule has 10 nitrogen and oxygen atoms in total. The summed E-state index contributed by atoms with van der Waals surface area (Å²) in [6.07, 6.45) is 6.41. The molecule has 0 aromatic carbocycles. The molecule has 3 saturated carbocycles. The largest absolute Gasteiger partial charge is 0.479 e. The zero-order valence-corrected chi connectivity index (χ0v) is 25.0. The summed E-state index contributed by atoms with van der Waals surface area (Å²) < 4.78 is 24.7. The van der Waals surface area contributed by atoms with Gasteiger partial charge in [-0.2, -0.15) is 0 Å². The van der Waals surface area contributed by atoms with Crippen molar-refractivity contribution in [3.8, 4) is 0 Å². The van der Waals surface area contributed by atoms with Gasteiger partial charge in [0.1, 0.15) is 6.61 Å². The molecule has 10 heteroatoms.